The summed E-state index contributed by atoms with van der Waals surface area (Å²) in [7, 11) is 0. The van der Waals surface area contributed by atoms with Crippen molar-refractivity contribution in [3.05, 3.63) is 28.2 Å². The molecule has 1 fully saturated rings. The number of allylic oxidation sites excluding steroid dienone is 2. The Kier molecular flexibility index (Phi) is 3.75. The number of thiophene rings is 1. The zero-order valence-corrected chi connectivity index (χ0v) is 13.6. The molecule has 0 aromatic carbocycles. The van der Waals surface area contributed by atoms with E-state index < -0.39 is 23.7 Å². The van der Waals surface area contributed by atoms with Crippen molar-refractivity contribution in [2.45, 2.75) is 20.3 Å². The fourth-order valence-electron chi connectivity index (χ4n) is 3.72. The number of anilines is 1. The minimum atomic E-state index is -0.948. The molecule has 0 aliphatic heterocycles. The van der Waals surface area contributed by atoms with Gasteiger partial charge in [-0.15, -0.1) is 11.3 Å². The summed E-state index contributed by atoms with van der Waals surface area (Å²) in [6, 6.07) is 0. The number of fused-ring (bicyclic) bond motifs is 2. The molecular weight excluding hydrogens is 316 g/mol. The number of rotatable bonds is 4. The van der Waals surface area contributed by atoms with Gasteiger partial charge >= 0.3 is 5.97 Å². The summed E-state index contributed by atoms with van der Waals surface area (Å²) in [6.07, 6.45) is 4.51. The molecule has 0 radical (unpaired) electrons. The Morgan fingerprint density at radius 3 is 2.39 bits per heavy atom. The standard InChI is InChI=1S/C16H18N2O4S/c1-6-7(2)23-15(10(6)13(17)19)18-14(20)11-8-3-4-9(5-8)12(11)16(21)22/h3-4,8-9,11-12H,5H2,1-2H3,(H2,17,19)(H,18,20)(H,21,22)/t8-,9-,11+,12+/m1/s1. The molecule has 4 N–H and O–H groups in total. The van der Waals surface area contributed by atoms with E-state index >= 15 is 0 Å². The second-order valence-electron chi connectivity index (χ2n) is 6.18. The first-order valence-electron chi connectivity index (χ1n) is 7.43. The van der Waals surface area contributed by atoms with Crippen LogP contribution in [0.5, 0.6) is 0 Å². The monoisotopic (exact) mass is 334 g/mol. The first-order valence-corrected chi connectivity index (χ1v) is 8.24. The molecule has 2 amide bonds. The molecule has 1 heterocycles. The van der Waals surface area contributed by atoms with Gasteiger partial charge in [0.2, 0.25) is 5.91 Å². The summed E-state index contributed by atoms with van der Waals surface area (Å²) >= 11 is 1.29. The number of amides is 2. The average molecular weight is 334 g/mol. The smallest absolute Gasteiger partial charge is 0.307 e. The Morgan fingerprint density at radius 1 is 1.22 bits per heavy atom. The maximum atomic E-state index is 12.7. The SMILES string of the molecule is Cc1sc(NC(=O)[C@@H]2[C@@H](C(=O)O)[C@@H]3C=C[C@@H]2C3)c(C(N)=O)c1C. The molecule has 0 unspecified atom stereocenters. The number of aryl methyl sites for hydroxylation is 1. The van der Waals surface area contributed by atoms with Crippen molar-refractivity contribution in [3.63, 3.8) is 0 Å². The van der Waals surface area contributed by atoms with Gasteiger partial charge in [0, 0.05) is 4.88 Å². The Hall–Kier alpha value is -2.15. The molecule has 122 valence electrons. The van der Waals surface area contributed by atoms with Crippen molar-refractivity contribution in [2.75, 3.05) is 5.32 Å². The Bertz CT molecular complexity index is 737. The van der Waals surface area contributed by atoms with E-state index in [1.807, 2.05) is 19.1 Å². The first kappa shape index (κ1) is 15.7. The number of carbonyl (C=O) groups excluding carboxylic acids is 2. The quantitative estimate of drug-likeness (QED) is 0.731. The van der Waals surface area contributed by atoms with Crippen LogP contribution in [0.1, 0.15) is 27.2 Å². The third-order valence-corrected chi connectivity index (χ3v) is 6.04. The van der Waals surface area contributed by atoms with Crippen LogP contribution >= 0.6 is 11.3 Å². The van der Waals surface area contributed by atoms with E-state index in [4.69, 9.17) is 5.73 Å². The molecule has 0 saturated heterocycles. The topological polar surface area (TPSA) is 109 Å². The van der Waals surface area contributed by atoms with Crippen LogP contribution in [0, 0.1) is 37.5 Å². The van der Waals surface area contributed by atoms with Gasteiger partial charge in [-0.2, -0.15) is 0 Å². The fraction of sp³-hybridized carbons (Fsp3) is 0.438. The zero-order valence-electron chi connectivity index (χ0n) is 12.8. The van der Waals surface area contributed by atoms with Crippen molar-refractivity contribution >= 4 is 34.1 Å². The maximum Gasteiger partial charge on any atom is 0.307 e. The van der Waals surface area contributed by atoms with Crippen molar-refractivity contribution < 1.29 is 19.5 Å². The summed E-state index contributed by atoms with van der Waals surface area (Å²) < 4.78 is 0. The van der Waals surface area contributed by atoms with Gasteiger partial charge in [0.15, 0.2) is 0 Å². The van der Waals surface area contributed by atoms with Crippen LogP contribution in [-0.2, 0) is 9.59 Å². The molecule has 23 heavy (non-hydrogen) atoms. The Balaban J connectivity index is 1.88. The highest BCUT2D eigenvalue weighted by Gasteiger charge is 2.51. The van der Waals surface area contributed by atoms with Gasteiger partial charge in [-0.25, -0.2) is 0 Å². The number of hydrogen-bond acceptors (Lipinski definition) is 4. The lowest BCUT2D eigenvalue weighted by Crippen LogP contribution is -2.36. The second-order valence-corrected chi connectivity index (χ2v) is 7.40. The first-order chi connectivity index (χ1) is 10.8. The Labute approximate surface area is 137 Å². The number of hydrogen-bond donors (Lipinski definition) is 3. The van der Waals surface area contributed by atoms with Gasteiger partial charge in [0.1, 0.15) is 5.00 Å². The molecule has 1 aromatic heterocycles. The van der Waals surface area contributed by atoms with Crippen LogP contribution in [-0.4, -0.2) is 22.9 Å². The molecule has 3 rings (SSSR count). The van der Waals surface area contributed by atoms with E-state index in [1.54, 1.807) is 6.92 Å². The largest absolute Gasteiger partial charge is 0.481 e. The zero-order chi connectivity index (χ0) is 16.9. The van der Waals surface area contributed by atoms with Crippen LogP contribution in [0.4, 0.5) is 5.00 Å². The number of carbonyl (C=O) groups is 3. The van der Waals surface area contributed by atoms with Crippen LogP contribution < -0.4 is 11.1 Å². The third-order valence-electron chi connectivity index (χ3n) is 4.92. The van der Waals surface area contributed by atoms with Gasteiger partial charge in [-0.3, -0.25) is 14.4 Å². The number of carboxylic acids is 1. The lowest BCUT2D eigenvalue weighted by molar-refractivity contribution is -0.146. The minimum Gasteiger partial charge on any atom is -0.481 e. The average Bonchev–Trinajstić information content (AvgIpc) is 3.12. The van der Waals surface area contributed by atoms with Gasteiger partial charge in [0.25, 0.3) is 5.91 Å². The summed E-state index contributed by atoms with van der Waals surface area (Å²) in [5.41, 5.74) is 6.47. The summed E-state index contributed by atoms with van der Waals surface area (Å²) in [4.78, 5) is 36.7. The Morgan fingerprint density at radius 2 is 1.83 bits per heavy atom. The highest BCUT2D eigenvalue weighted by Crippen LogP contribution is 2.48. The lowest BCUT2D eigenvalue weighted by Gasteiger charge is -2.23. The van der Waals surface area contributed by atoms with Crippen LogP contribution in [0.25, 0.3) is 0 Å². The van der Waals surface area contributed by atoms with E-state index in [0.29, 0.717) is 17.0 Å². The number of carboxylic acid groups (broad SMARTS) is 1. The van der Waals surface area contributed by atoms with Crippen molar-refractivity contribution in [3.8, 4) is 0 Å². The van der Waals surface area contributed by atoms with Crippen LogP contribution in [0.15, 0.2) is 12.2 Å². The van der Waals surface area contributed by atoms with E-state index in [1.165, 1.54) is 11.3 Å². The molecule has 2 bridgehead atoms. The molecule has 7 heteroatoms. The number of nitrogens with one attached hydrogen (secondary N) is 1. The second kappa shape index (κ2) is 5.49. The van der Waals surface area contributed by atoms with E-state index in [9.17, 15) is 19.5 Å². The van der Waals surface area contributed by atoms with Crippen molar-refractivity contribution in [1.29, 1.82) is 0 Å². The van der Waals surface area contributed by atoms with Crippen LogP contribution in [0.2, 0.25) is 0 Å². The molecule has 4 atom stereocenters. The number of nitrogens with two attached hydrogens (primary N) is 1. The van der Waals surface area contributed by atoms with Gasteiger partial charge < -0.3 is 16.2 Å². The minimum absolute atomic E-state index is 0.0553. The maximum absolute atomic E-state index is 12.7. The molecule has 2 aliphatic rings. The molecular formula is C16H18N2O4S. The summed E-state index contributed by atoms with van der Waals surface area (Å²) in [5, 5.41) is 12.6. The van der Waals surface area contributed by atoms with Gasteiger partial charge in [-0.1, -0.05) is 12.2 Å². The van der Waals surface area contributed by atoms with Crippen LogP contribution in [0.3, 0.4) is 0 Å². The van der Waals surface area contributed by atoms with Gasteiger partial charge in [-0.05, 0) is 37.7 Å². The van der Waals surface area contributed by atoms with Gasteiger partial charge in [0.05, 0.1) is 17.4 Å². The molecule has 1 saturated carbocycles. The number of aliphatic carboxylic acids is 1. The third kappa shape index (κ3) is 2.45. The molecule has 2 aliphatic carbocycles. The molecule has 6 nitrogen and oxygen atoms in total. The fourth-order valence-corrected chi connectivity index (χ4v) is 4.79. The predicted molar refractivity (Wildman–Crippen MR) is 86.3 cm³/mol. The highest BCUT2D eigenvalue weighted by molar-refractivity contribution is 7.16. The van der Waals surface area contributed by atoms with E-state index in [2.05, 4.69) is 5.32 Å². The van der Waals surface area contributed by atoms with E-state index in [-0.39, 0.29) is 17.7 Å². The van der Waals surface area contributed by atoms with E-state index in [0.717, 1.165) is 10.4 Å². The highest BCUT2D eigenvalue weighted by atomic mass is 32.1. The van der Waals surface area contributed by atoms with Crippen molar-refractivity contribution in [2.24, 2.45) is 29.4 Å². The summed E-state index contributed by atoms with van der Waals surface area (Å²) in [5.74, 6) is -3.34. The lowest BCUT2D eigenvalue weighted by atomic mass is 9.82. The molecule has 0 spiro atoms. The number of primary amides is 1. The summed E-state index contributed by atoms with van der Waals surface area (Å²) in [6.45, 7) is 3.63. The predicted octanol–water partition coefficient (Wildman–Crippen LogP) is 1.93. The van der Waals surface area contributed by atoms with Crippen molar-refractivity contribution in [1.82, 2.24) is 0 Å². The molecule has 1 aromatic rings. The normalized spacial score (nSPS) is 28.1.